The molecule has 0 fully saturated rings. The van der Waals surface area contributed by atoms with E-state index in [4.69, 9.17) is 5.73 Å². The van der Waals surface area contributed by atoms with Gasteiger partial charge in [0.05, 0.1) is 6.04 Å². The number of hydrogen-bond acceptors (Lipinski definition) is 2. The van der Waals surface area contributed by atoms with Gasteiger partial charge in [0.25, 0.3) is 0 Å². The first-order valence-corrected chi connectivity index (χ1v) is 8.87. The summed E-state index contributed by atoms with van der Waals surface area (Å²) in [5.74, 6) is 0.848. The Balaban J connectivity index is 4.36. The van der Waals surface area contributed by atoms with Gasteiger partial charge in [0.2, 0.25) is 0 Å². The number of hydrogen-bond donors (Lipinski definition) is 1. The fourth-order valence-corrected chi connectivity index (χ4v) is 2.69. The summed E-state index contributed by atoms with van der Waals surface area (Å²) in [6.45, 7) is 8.65. The summed E-state index contributed by atoms with van der Waals surface area (Å²) in [4.78, 5) is 12.6. The van der Waals surface area contributed by atoms with Crippen molar-refractivity contribution in [3.05, 3.63) is 0 Å². The van der Waals surface area contributed by atoms with E-state index in [1.807, 2.05) is 0 Å². The first kappa shape index (κ1) is 19.6. The van der Waals surface area contributed by atoms with Crippen LogP contribution in [-0.2, 0) is 4.79 Å². The molecule has 0 amide bonds. The lowest BCUT2D eigenvalue weighted by atomic mass is 9.83. The monoisotopic (exact) mass is 283 g/mol. The fraction of sp³-hybridized carbons (Fsp3) is 0.944. The molecular formula is C18H37NO. The van der Waals surface area contributed by atoms with E-state index in [1.54, 1.807) is 0 Å². The molecule has 0 aliphatic rings. The average molecular weight is 284 g/mol. The number of unbranched alkanes of at least 4 members (excludes halogenated alkanes) is 5. The minimum Gasteiger partial charge on any atom is -0.321 e. The Labute approximate surface area is 126 Å². The molecule has 20 heavy (non-hydrogen) atoms. The number of Topliss-reactive ketones (excluding diaryl/α,β-unsaturated/α-hetero) is 1. The fourth-order valence-electron chi connectivity index (χ4n) is 2.69. The maximum Gasteiger partial charge on any atom is 0.152 e. The van der Waals surface area contributed by atoms with Gasteiger partial charge in [-0.3, -0.25) is 4.79 Å². The number of nitrogens with two attached hydrogens (primary N) is 1. The van der Waals surface area contributed by atoms with Crippen molar-refractivity contribution in [1.29, 1.82) is 0 Å². The zero-order valence-corrected chi connectivity index (χ0v) is 14.3. The molecule has 0 saturated heterocycles. The largest absolute Gasteiger partial charge is 0.321 e. The van der Waals surface area contributed by atoms with Crippen LogP contribution in [0.2, 0.25) is 0 Å². The van der Waals surface area contributed by atoms with Crippen LogP contribution in [0.4, 0.5) is 0 Å². The maximum atomic E-state index is 12.6. The van der Waals surface area contributed by atoms with E-state index < -0.39 is 0 Å². The summed E-state index contributed by atoms with van der Waals surface area (Å²) in [6.07, 6.45) is 11.7. The van der Waals surface area contributed by atoms with Crippen molar-refractivity contribution in [3.63, 3.8) is 0 Å². The molecule has 0 bridgehead atoms. The summed E-state index contributed by atoms with van der Waals surface area (Å²) < 4.78 is 0. The van der Waals surface area contributed by atoms with E-state index in [0.29, 0.717) is 11.7 Å². The van der Waals surface area contributed by atoms with Crippen molar-refractivity contribution in [1.82, 2.24) is 0 Å². The Morgan fingerprint density at radius 2 is 1.40 bits per heavy atom. The average Bonchev–Trinajstić information content (AvgIpc) is 2.47. The predicted octanol–water partition coefficient (Wildman–Crippen LogP) is 5.10. The lowest BCUT2D eigenvalue weighted by molar-refractivity contribution is -0.125. The van der Waals surface area contributed by atoms with Gasteiger partial charge in [-0.1, -0.05) is 79.1 Å². The molecule has 0 aromatic carbocycles. The van der Waals surface area contributed by atoms with E-state index >= 15 is 0 Å². The normalized spacial score (nSPS) is 15.8. The second kappa shape index (κ2) is 12.4. The van der Waals surface area contributed by atoms with Crippen molar-refractivity contribution in [3.8, 4) is 0 Å². The Bertz CT molecular complexity index is 240. The van der Waals surface area contributed by atoms with Crippen LogP contribution in [0.15, 0.2) is 0 Å². The van der Waals surface area contributed by atoms with Crippen molar-refractivity contribution in [2.45, 2.75) is 97.9 Å². The molecule has 0 rings (SSSR count). The van der Waals surface area contributed by atoms with Crippen molar-refractivity contribution < 1.29 is 4.79 Å². The summed E-state index contributed by atoms with van der Waals surface area (Å²) in [5, 5.41) is 0. The second-order valence-corrected chi connectivity index (χ2v) is 6.36. The molecule has 0 heterocycles. The molecule has 0 aromatic rings. The van der Waals surface area contributed by atoms with Gasteiger partial charge < -0.3 is 5.73 Å². The summed E-state index contributed by atoms with van der Waals surface area (Å²) in [5.41, 5.74) is 6.16. The van der Waals surface area contributed by atoms with Gasteiger partial charge in [0.1, 0.15) is 0 Å². The second-order valence-electron chi connectivity index (χ2n) is 6.36. The quantitative estimate of drug-likeness (QED) is 0.478. The molecule has 0 aliphatic carbocycles. The molecule has 0 radical (unpaired) electrons. The van der Waals surface area contributed by atoms with Crippen LogP contribution in [0, 0.1) is 11.8 Å². The van der Waals surface area contributed by atoms with Gasteiger partial charge >= 0.3 is 0 Å². The minimum absolute atomic E-state index is 0.211. The lowest BCUT2D eigenvalue weighted by Gasteiger charge is -2.23. The van der Waals surface area contributed by atoms with Crippen LogP contribution in [0.3, 0.4) is 0 Å². The van der Waals surface area contributed by atoms with Gasteiger partial charge in [-0.15, -0.1) is 0 Å². The third-order valence-electron chi connectivity index (χ3n) is 4.55. The molecule has 3 unspecified atom stereocenters. The number of ketones is 1. The predicted molar refractivity (Wildman–Crippen MR) is 88.8 cm³/mol. The van der Waals surface area contributed by atoms with E-state index in [9.17, 15) is 4.79 Å². The number of carbonyl (C=O) groups excluding carboxylic acids is 1. The SMILES string of the molecule is CCCCCCC(CCCCC)C(=O)C(N)C(C)CC. The minimum atomic E-state index is -0.252. The topological polar surface area (TPSA) is 43.1 Å². The first-order chi connectivity index (χ1) is 9.58. The standard InChI is InChI=1S/C18H37NO/c1-5-8-10-12-14-16(13-11-9-6-2)18(20)17(19)15(4)7-3/h15-17H,5-14,19H2,1-4H3. The smallest absolute Gasteiger partial charge is 0.152 e. The molecule has 0 spiro atoms. The van der Waals surface area contributed by atoms with Crippen LogP contribution in [0.1, 0.15) is 91.9 Å². The van der Waals surface area contributed by atoms with Gasteiger partial charge in [-0.25, -0.2) is 0 Å². The van der Waals surface area contributed by atoms with Crippen LogP contribution in [0.25, 0.3) is 0 Å². The molecule has 0 saturated carbocycles. The third-order valence-corrected chi connectivity index (χ3v) is 4.55. The van der Waals surface area contributed by atoms with Gasteiger partial charge in [0, 0.05) is 5.92 Å². The van der Waals surface area contributed by atoms with Gasteiger partial charge in [0.15, 0.2) is 5.78 Å². The lowest BCUT2D eigenvalue weighted by Crippen LogP contribution is -2.40. The Morgan fingerprint density at radius 3 is 1.90 bits per heavy atom. The van der Waals surface area contributed by atoms with Crippen LogP contribution < -0.4 is 5.73 Å². The molecular weight excluding hydrogens is 246 g/mol. The summed E-state index contributed by atoms with van der Waals surface area (Å²) >= 11 is 0. The molecule has 0 aliphatic heterocycles. The van der Waals surface area contributed by atoms with E-state index in [1.165, 1.54) is 44.9 Å². The molecule has 0 aromatic heterocycles. The molecule has 2 heteroatoms. The highest BCUT2D eigenvalue weighted by atomic mass is 16.1. The molecule has 3 atom stereocenters. The number of rotatable bonds is 13. The van der Waals surface area contributed by atoms with Crippen molar-refractivity contribution >= 4 is 5.78 Å². The maximum absolute atomic E-state index is 12.6. The van der Waals surface area contributed by atoms with Crippen LogP contribution >= 0.6 is 0 Å². The summed E-state index contributed by atoms with van der Waals surface area (Å²) in [7, 11) is 0. The first-order valence-electron chi connectivity index (χ1n) is 8.87. The Morgan fingerprint density at radius 1 is 0.900 bits per heavy atom. The highest BCUT2D eigenvalue weighted by Crippen LogP contribution is 2.22. The molecule has 120 valence electrons. The van der Waals surface area contributed by atoms with Crippen molar-refractivity contribution in [2.75, 3.05) is 0 Å². The van der Waals surface area contributed by atoms with Crippen LogP contribution in [-0.4, -0.2) is 11.8 Å². The zero-order chi connectivity index (χ0) is 15.4. The molecule has 2 N–H and O–H groups in total. The van der Waals surface area contributed by atoms with Gasteiger partial charge in [-0.2, -0.15) is 0 Å². The van der Waals surface area contributed by atoms with E-state index in [-0.39, 0.29) is 12.0 Å². The molecule has 2 nitrogen and oxygen atoms in total. The number of carbonyl (C=O) groups is 1. The van der Waals surface area contributed by atoms with Gasteiger partial charge in [-0.05, 0) is 18.8 Å². The van der Waals surface area contributed by atoms with Crippen molar-refractivity contribution in [2.24, 2.45) is 17.6 Å². The van der Waals surface area contributed by atoms with E-state index in [0.717, 1.165) is 19.3 Å². The highest BCUT2D eigenvalue weighted by Gasteiger charge is 2.26. The third kappa shape index (κ3) is 8.04. The van der Waals surface area contributed by atoms with Crippen LogP contribution in [0.5, 0.6) is 0 Å². The Hall–Kier alpha value is -0.370. The zero-order valence-electron chi connectivity index (χ0n) is 14.3. The Kier molecular flexibility index (Phi) is 12.1. The summed E-state index contributed by atoms with van der Waals surface area (Å²) in [6, 6.07) is -0.252. The highest BCUT2D eigenvalue weighted by molar-refractivity contribution is 5.86. The van der Waals surface area contributed by atoms with E-state index in [2.05, 4.69) is 27.7 Å².